The van der Waals surface area contributed by atoms with E-state index in [2.05, 4.69) is 20.9 Å². The predicted molar refractivity (Wildman–Crippen MR) is 46.1 cm³/mol. The molecule has 0 saturated heterocycles. The summed E-state index contributed by atoms with van der Waals surface area (Å²) in [6.45, 7) is 1.91. The Hall–Kier alpha value is -0.280. The first-order chi connectivity index (χ1) is 4.61. The van der Waals surface area contributed by atoms with Gasteiger partial charge in [-0.2, -0.15) is 0 Å². The molecule has 1 aromatic rings. The van der Waals surface area contributed by atoms with Gasteiger partial charge in [0.1, 0.15) is 11.0 Å². The van der Waals surface area contributed by atoms with E-state index in [0.29, 0.717) is 11.0 Å². The van der Waals surface area contributed by atoms with Crippen LogP contribution in [-0.2, 0) is 0 Å². The van der Waals surface area contributed by atoms with Crippen molar-refractivity contribution in [1.29, 1.82) is 0 Å². The van der Waals surface area contributed by atoms with Crippen LogP contribution in [-0.4, -0.2) is 4.98 Å². The van der Waals surface area contributed by atoms with Gasteiger partial charge in [-0.05, 0) is 34.5 Å². The quantitative estimate of drug-likeness (QED) is 0.683. The molecule has 1 rings (SSSR count). The van der Waals surface area contributed by atoms with Gasteiger partial charge < -0.3 is 5.73 Å². The summed E-state index contributed by atoms with van der Waals surface area (Å²) >= 11 is 8.94. The molecule has 0 spiro atoms. The fourth-order valence-electron chi connectivity index (χ4n) is 0.643. The van der Waals surface area contributed by atoms with Crippen molar-refractivity contribution in [3.05, 3.63) is 21.3 Å². The van der Waals surface area contributed by atoms with Gasteiger partial charge in [0.15, 0.2) is 0 Å². The van der Waals surface area contributed by atoms with E-state index in [1.807, 2.05) is 6.92 Å². The second kappa shape index (κ2) is 2.76. The van der Waals surface area contributed by atoms with Gasteiger partial charge in [0.25, 0.3) is 0 Å². The minimum absolute atomic E-state index is 0.414. The van der Waals surface area contributed by atoms with Crippen LogP contribution >= 0.6 is 27.5 Å². The zero-order valence-corrected chi connectivity index (χ0v) is 7.70. The maximum atomic E-state index is 5.68. The van der Waals surface area contributed by atoms with Gasteiger partial charge >= 0.3 is 0 Å². The predicted octanol–water partition coefficient (Wildman–Crippen LogP) is 2.39. The van der Waals surface area contributed by atoms with Gasteiger partial charge in [-0.1, -0.05) is 11.6 Å². The van der Waals surface area contributed by atoms with Gasteiger partial charge in [-0.25, -0.2) is 4.98 Å². The zero-order chi connectivity index (χ0) is 7.72. The Morgan fingerprint density at radius 3 is 2.80 bits per heavy atom. The number of aromatic nitrogens is 1. The lowest BCUT2D eigenvalue weighted by Gasteiger charge is -2.00. The standard InChI is InChI=1S/C6H6BrClN2/c1-3-2-4(9)10-6(8)5(3)7/h2H,1H3,(H2,9,10). The summed E-state index contributed by atoms with van der Waals surface area (Å²) in [5, 5.41) is 0.414. The van der Waals surface area contributed by atoms with Crippen LogP contribution in [0.25, 0.3) is 0 Å². The van der Waals surface area contributed by atoms with Crippen molar-refractivity contribution in [3.63, 3.8) is 0 Å². The average molecular weight is 221 g/mol. The molecule has 1 aromatic heterocycles. The number of nitrogens with two attached hydrogens (primary N) is 1. The Kier molecular flexibility index (Phi) is 2.16. The monoisotopic (exact) mass is 220 g/mol. The van der Waals surface area contributed by atoms with Crippen LogP contribution in [0.3, 0.4) is 0 Å². The third-order valence-electron chi connectivity index (χ3n) is 1.12. The molecule has 2 N–H and O–H groups in total. The number of hydrogen-bond donors (Lipinski definition) is 1. The van der Waals surface area contributed by atoms with Crippen molar-refractivity contribution >= 4 is 33.3 Å². The molecule has 2 nitrogen and oxygen atoms in total. The van der Waals surface area contributed by atoms with Crippen LogP contribution in [0.15, 0.2) is 10.5 Å². The molecule has 0 aliphatic heterocycles. The molecule has 4 heteroatoms. The first-order valence-electron chi connectivity index (χ1n) is 2.69. The number of nitrogen functional groups attached to an aromatic ring is 1. The van der Waals surface area contributed by atoms with E-state index in [4.69, 9.17) is 17.3 Å². The highest BCUT2D eigenvalue weighted by Gasteiger charge is 2.01. The Bertz CT molecular complexity index is 239. The fourth-order valence-corrected chi connectivity index (χ4v) is 1.09. The van der Waals surface area contributed by atoms with Gasteiger partial charge in [-0.15, -0.1) is 0 Å². The molecule has 0 saturated carbocycles. The van der Waals surface area contributed by atoms with Crippen LogP contribution in [0, 0.1) is 6.92 Å². The van der Waals surface area contributed by atoms with Gasteiger partial charge in [0, 0.05) is 0 Å². The van der Waals surface area contributed by atoms with Gasteiger partial charge in [0.05, 0.1) is 4.47 Å². The topological polar surface area (TPSA) is 38.9 Å². The summed E-state index contributed by atoms with van der Waals surface area (Å²) in [5.41, 5.74) is 6.41. The molecule has 0 unspecified atom stereocenters. The number of halogens is 2. The Morgan fingerprint density at radius 2 is 2.30 bits per heavy atom. The number of hydrogen-bond acceptors (Lipinski definition) is 2. The van der Waals surface area contributed by atoms with Gasteiger partial charge in [-0.3, -0.25) is 0 Å². The minimum Gasteiger partial charge on any atom is -0.384 e. The molecular weight excluding hydrogens is 215 g/mol. The molecule has 0 aliphatic rings. The van der Waals surface area contributed by atoms with Crippen LogP contribution in [0.1, 0.15) is 5.56 Å². The SMILES string of the molecule is Cc1cc(N)nc(Cl)c1Br. The molecule has 0 fully saturated rings. The van der Waals surface area contributed by atoms with Crippen molar-refractivity contribution in [2.24, 2.45) is 0 Å². The summed E-state index contributed by atoms with van der Waals surface area (Å²) in [6.07, 6.45) is 0. The molecule has 0 aliphatic carbocycles. The number of aryl methyl sites for hydroxylation is 1. The van der Waals surface area contributed by atoms with Crippen molar-refractivity contribution in [2.45, 2.75) is 6.92 Å². The molecular formula is C6H6BrClN2. The van der Waals surface area contributed by atoms with Crippen molar-refractivity contribution in [3.8, 4) is 0 Å². The van der Waals surface area contributed by atoms with Crippen molar-refractivity contribution in [1.82, 2.24) is 4.98 Å². The van der Waals surface area contributed by atoms with Crippen molar-refractivity contribution < 1.29 is 0 Å². The molecule has 0 aromatic carbocycles. The number of nitrogens with zero attached hydrogens (tertiary/aromatic N) is 1. The zero-order valence-electron chi connectivity index (χ0n) is 5.36. The van der Waals surface area contributed by atoms with E-state index in [1.165, 1.54) is 0 Å². The van der Waals surface area contributed by atoms with Crippen molar-refractivity contribution in [2.75, 3.05) is 5.73 Å². The third-order valence-corrected chi connectivity index (χ3v) is 2.62. The molecule has 0 radical (unpaired) electrons. The van der Waals surface area contributed by atoms with E-state index in [0.717, 1.165) is 10.0 Å². The summed E-state index contributed by atoms with van der Waals surface area (Å²) in [5.74, 6) is 0.450. The lowest BCUT2D eigenvalue weighted by molar-refractivity contribution is 1.27. The Labute approximate surface area is 72.5 Å². The molecule has 0 amide bonds. The number of rotatable bonds is 0. The second-order valence-corrected chi connectivity index (χ2v) is 3.12. The fraction of sp³-hybridized carbons (Fsp3) is 0.167. The smallest absolute Gasteiger partial charge is 0.145 e. The van der Waals surface area contributed by atoms with E-state index in [1.54, 1.807) is 6.07 Å². The first-order valence-corrected chi connectivity index (χ1v) is 3.86. The highest BCUT2D eigenvalue weighted by Crippen LogP contribution is 2.24. The second-order valence-electron chi connectivity index (χ2n) is 1.97. The molecule has 0 atom stereocenters. The summed E-state index contributed by atoms with van der Waals surface area (Å²) in [6, 6.07) is 1.76. The number of anilines is 1. The highest BCUT2D eigenvalue weighted by atomic mass is 79.9. The Morgan fingerprint density at radius 1 is 1.70 bits per heavy atom. The van der Waals surface area contributed by atoms with E-state index in [-0.39, 0.29) is 0 Å². The maximum Gasteiger partial charge on any atom is 0.145 e. The van der Waals surface area contributed by atoms with Crippen LogP contribution in [0.2, 0.25) is 5.15 Å². The maximum absolute atomic E-state index is 5.68. The minimum atomic E-state index is 0.414. The normalized spacial score (nSPS) is 9.90. The summed E-state index contributed by atoms with van der Waals surface area (Å²) < 4.78 is 0.809. The highest BCUT2D eigenvalue weighted by molar-refractivity contribution is 9.10. The van der Waals surface area contributed by atoms with Crippen LogP contribution < -0.4 is 5.73 Å². The Balaban J connectivity index is 3.31. The van der Waals surface area contributed by atoms with Crippen LogP contribution in [0.4, 0.5) is 5.82 Å². The largest absolute Gasteiger partial charge is 0.384 e. The molecule has 0 bridgehead atoms. The molecule has 1 heterocycles. The lowest BCUT2D eigenvalue weighted by atomic mass is 10.3. The first kappa shape index (κ1) is 7.82. The molecule has 10 heavy (non-hydrogen) atoms. The summed E-state index contributed by atoms with van der Waals surface area (Å²) in [4.78, 5) is 3.83. The van der Waals surface area contributed by atoms with E-state index in [9.17, 15) is 0 Å². The lowest BCUT2D eigenvalue weighted by Crippen LogP contribution is -1.91. The summed E-state index contributed by atoms with van der Waals surface area (Å²) in [7, 11) is 0. The number of pyridine rings is 1. The van der Waals surface area contributed by atoms with E-state index >= 15 is 0 Å². The average Bonchev–Trinajstić information content (AvgIpc) is 1.82. The third kappa shape index (κ3) is 1.41. The van der Waals surface area contributed by atoms with E-state index < -0.39 is 0 Å². The van der Waals surface area contributed by atoms with Crippen LogP contribution in [0.5, 0.6) is 0 Å². The van der Waals surface area contributed by atoms with Gasteiger partial charge in [0.2, 0.25) is 0 Å². The molecule has 54 valence electrons.